The second-order valence-electron chi connectivity index (χ2n) is 10.1. The van der Waals surface area contributed by atoms with E-state index >= 15 is 0 Å². The smallest absolute Gasteiger partial charge is 0.261 e. The molecule has 2 heterocycles. The Hall–Kier alpha value is -3.80. The minimum atomic E-state index is -1.77. The molecule has 0 spiro atoms. The molecule has 0 aliphatic carbocycles. The molecule has 6 rings (SSSR count). The number of benzene rings is 4. The first-order chi connectivity index (χ1) is 18.1. The van der Waals surface area contributed by atoms with Crippen molar-refractivity contribution in [3.8, 4) is 0 Å². The molecule has 4 aromatic carbocycles. The number of carbonyl (C=O) groups excluding carboxylic acids is 2. The highest BCUT2D eigenvalue weighted by molar-refractivity contribution is 7.02. The monoisotopic (exact) mass is 502 g/mol. The highest BCUT2D eigenvalue weighted by atomic mass is 28.3. The van der Waals surface area contributed by atoms with Crippen molar-refractivity contribution in [3.05, 3.63) is 131 Å². The summed E-state index contributed by atoms with van der Waals surface area (Å²) in [5.41, 5.74) is 3.23. The first kappa shape index (κ1) is 23.6. The van der Waals surface area contributed by atoms with E-state index in [-0.39, 0.29) is 11.8 Å². The van der Waals surface area contributed by atoms with E-state index in [1.807, 2.05) is 0 Å². The Kier molecular flexibility index (Phi) is 6.33. The van der Waals surface area contributed by atoms with Gasteiger partial charge in [-0.2, -0.15) is 0 Å². The molecule has 1 fully saturated rings. The Bertz CT molecular complexity index is 1340. The molecule has 0 saturated carbocycles. The molecule has 2 aliphatic rings. The van der Waals surface area contributed by atoms with Gasteiger partial charge < -0.3 is 0 Å². The fraction of sp³-hybridized carbons (Fsp3) is 0.188. The lowest BCUT2D eigenvalue weighted by Crippen LogP contribution is -2.63. The molecule has 4 nitrogen and oxygen atoms in total. The molecule has 184 valence electrons. The van der Waals surface area contributed by atoms with Gasteiger partial charge in [-0.15, -0.1) is 0 Å². The normalized spacial score (nSPS) is 17.1. The molecule has 0 unspecified atom stereocenters. The van der Waals surface area contributed by atoms with Gasteiger partial charge in [-0.3, -0.25) is 19.4 Å². The largest absolute Gasteiger partial charge is 0.300 e. The first-order valence-electron chi connectivity index (χ1n) is 13.0. The summed E-state index contributed by atoms with van der Waals surface area (Å²) in [6, 6.07) is 40.2. The number of hydrogen-bond donors (Lipinski definition) is 0. The molecular formula is C32H30N2O2Si. The van der Waals surface area contributed by atoms with Gasteiger partial charge in [0.1, 0.15) is 8.07 Å². The molecule has 0 N–H and O–H groups in total. The van der Waals surface area contributed by atoms with E-state index in [0.717, 1.165) is 25.2 Å². The van der Waals surface area contributed by atoms with E-state index in [2.05, 4.69) is 89.8 Å². The summed E-state index contributed by atoms with van der Waals surface area (Å²) in [5, 5.41) is 3.08. The third kappa shape index (κ3) is 4.45. The number of nitrogens with zero attached hydrogens (tertiary/aromatic N) is 2. The number of imide groups is 1. The summed E-state index contributed by atoms with van der Waals surface area (Å²) >= 11 is 0. The molecule has 2 amide bonds. The Balaban J connectivity index is 1.12. The summed E-state index contributed by atoms with van der Waals surface area (Å²) in [6.45, 7) is 3.40. The van der Waals surface area contributed by atoms with Gasteiger partial charge in [-0.1, -0.05) is 107 Å². The van der Waals surface area contributed by atoms with Crippen molar-refractivity contribution in [2.75, 3.05) is 13.1 Å². The average molecular weight is 503 g/mol. The van der Waals surface area contributed by atoms with Crippen molar-refractivity contribution in [1.82, 2.24) is 9.80 Å². The maximum Gasteiger partial charge on any atom is 0.261 e. The highest BCUT2D eigenvalue weighted by Gasteiger charge is 2.40. The predicted molar refractivity (Wildman–Crippen MR) is 150 cm³/mol. The second-order valence-corrected chi connectivity index (χ2v) is 14.5. The van der Waals surface area contributed by atoms with Gasteiger partial charge in [-0.25, -0.2) is 0 Å². The van der Waals surface area contributed by atoms with E-state index in [1.165, 1.54) is 22.6 Å². The minimum Gasteiger partial charge on any atom is -0.300 e. The van der Waals surface area contributed by atoms with Crippen molar-refractivity contribution in [1.29, 1.82) is 0 Å². The van der Waals surface area contributed by atoms with Crippen LogP contribution in [-0.4, -0.2) is 42.8 Å². The van der Waals surface area contributed by atoms with E-state index in [9.17, 15) is 9.59 Å². The summed E-state index contributed by atoms with van der Waals surface area (Å²) < 4.78 is 0. The van der Waals surface area contributed by atoms with Crippen LogP contribution in [0.15, 0.2) is 109 Å². The van der Waals surface area contributed by atoms with Crippen LogP contribution in [0.2, 0.25) is 12.1 Å². The quantitative estimate of drug-likeness (QED) is 0.287. The van der Waals surface area contributed by atoms with Crippen LogP contribution in [0.5, 0.6) is 0 Å². The molecule has 0 bridgehead atoms. The second kappa shape index (κ2) is 9.92. The number of rotatable bonds is 6. The van der Waals surface area contributed by atoms with Crippen LogP contribution >= 0.6 is 0 Å². The first-order valence-corrected chi connectivity index (χ1v) is 15.4. The lowest BCUT2D eigenvalue weighted by Gasteiger charge is -2.41. The van der Waals surface area contributed by atoms with Crippen LogP contribution in [0, 0.1) is 0 Å². The highest BCUT2D eigenvalue weighted by Crippen LogP contribution is 2.26. The summed E-state index contributed by atoms with van der Waals surface area (Å²) in [7, 11) is -1.77. The molecule has 4 aromatic rings. The number of carbonyl (C=O) groups is 2. The van der Waals surface area contributed by atoms with Gasteiger partial charge in [-0.05, 0) is 48.4 Å². The molecule has 5 heteroatoms. The van der Waals surface area contributed by atoms with Crippen LogP contribution < -0.4 is 10.4 Å². The van der Waals surface area contributed by atoms with Crippen LogP contribution in [0.3, 0.4) is 0 Å². The predicted octanol–water partition coefficient (Wildman–Crippen LogP) is 4.56. The van der Waals surface area contributed by atoms with Crippen molar-refractivity contribution < 1.29 is 9.59 Å². The lowest BCUT2D eigenvalue weighted by molar-refractivity contribution is 0.0642. The van der Waals surface area contributed by atoms with Crippen LogP contribution in [-0.2, 0) is 13.1 Å². The van der Waals surface area contributed by atoms with Gasteiger partial charge in [0.25, 0.3) is 11.8 Å². The number of hydrogen-bond acceptors (Lipinski definition) is 3. The lowest BCUT2D eigenvalue weighted by atomic mass is 10.1. The number of fused-ring (bicyclic) bond motifs is 1. The minimum absolute atomic E-state index is 0.206. The van der Waals surface area contributed by atoms with Crippen molar-refractivity contribution in [3.63, 3.8) is 0 Å². The zero-order valence-corrected chi connectivity index (χ0v) is 21.8. The molecule has 1 saturated heterocycles. The average Bonchev–Trinajstić information content (AvgIpc) is 3.20. The van der Waals surface area contributed by atoms with Crippen molar-refractivity contribution in [2.24, 2.45) is 0 Å². The zero-order valence-electron chi connectivity index (χ0n) is 20.8. The van der Waals surface area contributed by atoms with Crippen molar-refractivity contribution >= 4 is 30.3 Å². The summed E-state index contributed by atoms with van der Waals surface area (Å²) in [4.78, 5) is 29.3. The van der Waals surface area contributed by atoms with Gasteiger partial charge in [0.05, 0.1) is 17.7 Å². The molecular weight excluding hydrogens is 472 g/mol. The van der Waals surface area contributed by atoms with E-state index in [4.69, 9.17) is 0 Å². The molecule has 0 radical (unpaired) electrons. The Morgan fingerprint density at radius 1 is 0.541 bits per heavy atom. The fourth-order valence-corrected chi connectivity index (χ4v) is 10.7. The zero-order chi connectivity index (χ0) is 25.2. The third-order valence-electron chi connectivity index (χ3n) is 8.01. The Morgan fingerprint density at radius 3 is 1.46 bits per heavy atom. The molecule has 0 atom stereocenters. The van der Waals surface area contributed by atoms with E-state index in [1.54, 1.807) is 34.6 Å². The third-order valence-corrected chi connectivity index (χ3v) is 13.0. The van der Waals surface area contributed by atoms with Crippen LogP contribution in [0.25, 0.3) is 0 Å². The maximum absolute atomic E-state index is 12.7. The van der Waals surface area contributed by atoms with Gasteiger partial charge in [0.2, 0.25) is 0 Å². The fourth-order valence-electron chi connectivity index (χ4n) is 5.92. The van der Waals surface area contributed by atoms with Crippen LogP contribution in [0.4, 0.5) is 0 Å². The topological polar surface area (TPSA) is 40.6 Å². The van der Waals surface area contributed by atoms with E-state index in [0.29, 0.717) is 17.7 Å². The SMILES string of the molecule is O=C1c2ccccc2C(=O)N1Cc1ccc(CN2CC[Si](c3ccccc3)(c3ccccc3)CC2)cc1. The van der Waals surface area contributed by atoms with Gasteiger partial charge in [0, 0.05) is 6.54 Å². The Labute approximate surface area is 219 Å². The number of amides is 2. The summed E-state index contributed by atoms with van der Waals surface area (Å²) in [5.74, 6) is -0.412. The van der Waals surface area contributed by atoms with E-state index < -0.39 is 8.07 Å². The molecule has 0 aromatic heterocycles. The molecule has 2 aliphatic heterocycles. The van der Waals surface area contributed by atoms with Crippen molar-refractivity contribution in [2.45, 2.75) is 25.2 Å². The standard InChI is InChI=1S/C32H30N2O2Si/c35-31-29-13-7-8-14-30(29)32(36)34(31)24-26-17-15-25(16-18-26)23-33-19-21-37(22-20-33,27-9-3-1-4-10-27)28-11-5-2-6-12-28/h1-18H,19-24H2. The van der Waals surface area contributed by atoms with Gasteiger partial charge >= 0.3 is 0 Å². The summed E-state index contributed by atoms with van der Waals surface area (Å²) in [6.07, 6.45) is 0. The maximum atomic E-state index is 12.7. The molecule has 37 heavy (non-hydrogen) atoms. The Morgan fingerprint density at radius 2 is 0.973 bits per heavy atom. The van der Waals surface area contributed by atoms with Crippen LogP contribution in [0.1, 0.15) is 31.8 Å². The van der Waals surface area contributed by atoms with Gasteiger partial charge in [0.15, 0.2) is 0 Å².